The SMILES string of the molecule is CNC(=O)C1CNCCN1C(=O)C1Cc2ccccc2O1. The summed E-state index contributed by atoms with van der Waals surface area (Å²) in [5.74, 6) is 0.509. The number of nitrogens with one attached hydrogen (secondary N) is 2. The van der Waals surface area contributed by atoms with Gasteiger partial charge in [-0.2, -0.15) is 0 Å². The quantitative estimate of drug-likeness (QED) is 0.773. The van der Waals surface area contributed by atoms with Crippen LogP contribution in [-0.2, 0) is 16.0 Å². The first-order valence-corrected chi connectivity index (χ1v) is 7.18. The summed E-state index contributed by atoms with van der Waals surface area (Å²) in [6, 6.07) is 7.20. The minimum atomic E-state index is -0.521. The Morgan fingerprint density at radius 2 is 2.19 bits per heavy atom. The number of hydrogen-bond acceptors (Lipinski definition) is 4. The number of carbonyl (C=O) groups excluding carboxylic acids is 2. The standard InChI is InChI=1S/C15H19N3O3/c1-16-14(19)11-9-17-6-7-18(11)15(20)13-8-10-4-2-3-5-12(10)21-13/h2-5,11,13,17H,6-9H2,1H3,(H,16,19). The predicted octanol–water partition coefficient (Wildman–Crippen LogP) is -0.463. The zero-order valence-corrected chi connectivity index (χ0v) is 12.0. The van der Waals surface area contributed by atoms with Crippen molar-refractivity contribution in [3.05, 3.63) is 29.8 Å². The Hall–Kier alpha value is -2.08. The lowest BCUT2D eigenvalue weighted by atomic mass is 10.1. The monoisotopic (exact) mass is 289 g/mol. The highest BCUT2D eigenvalue weighted by molar-refractivity contribution is 5.90. The molecule has 2 N–H and O–H groups in total. The van der Waals surface area contributed by atoms with Gasteiger partial charge in [-0.05, 0) is 11.6 Å². The highest BCUT2D eigenvalue weighted by atomic mass is 16.5. The van der Waals surface area contributed by atoms with E-state index in [4.69, 9.17) is 4.74 Å². The lowest BCUT2D eigenvalue weighted by molar-refractivity contribution is -0.146. The molecular formula is C15H19N3O3. The van der Waals surface area contributed by atoms with E-state index in [1.807, 2.05) is 24.3 Å². The Labute approximate surface area is 123 Å². The summed E-state index contributed by atoms with van der Waals surface area (Å²) in [7, 11) is 1.58. The Morgan fingerprint density at radius 3 is 2.95 bits per heavy atom. The second-order valence-electron chi connectivity index (χ2n) is 5.28. The number of rotatable bonds is 2. The molecule has 1 aromatic carbocycles. The van der Waals surface area contributed by atoms with Gasteiger partial charge in [0.05, 0.1) is 0 Å². The Balaban J connectivity index is 1.74. The first kappa shape index (κ1) is 13.9. The Morgan fingerprint density at radius 1 is 1.38 bits per heavy atom. The number of carbonyl (C=O) groups is 2. The second-order valence-corrected chi connectivity index (χ2v) is 5.28. The van der Waals surface area contributed by atoms with Crippen LogP contribution in [0.5, 0.6) is 5.75 Å². The summed E-state index contributed by atoms with van der Waals surface area (Å²) in [5.41, 5.74) is 1.04. The van der Waals surface area contributed by atoms with Gasteiger partial charge in [-0.1, -0.05) is 18.2 Å². The van der Waals surface area contributed by atoms with E-state index in [2.05, 4.69) is 10.6 Å². The van der Waals surface area contributed by atoms with E-state index in [9.17, 15) is 9.59 Å². The predicted molar refractivity (Wildman–Crippen MR) is 77.0 cm³/mol. The van der Waals surface area contributed by atoms with Crippen LogP contribution in [0, 0.1) is 0 Å². The van der Waals surface area contributed by atoms with Gasteiger partial charge in [0.2, 0.25) is 5.91 Å². The molecule has 0 radical (unpaired) electrons. The summed E-state index contributed by atoms with van der Waals surface area (Å²) < 4.78 is 5.74. The fourth-order valence-electron chi connectivity index (χ4n) is 2.87. The molecule has 6 nitrogen and oxygen atoms in total. The van der Waals surface area contributed by atoms with Gasteiger partial charge in [0.1, 0.15) is 11.8 Å². The maximum Gasteiger partial charge on any atom is 0.264 e. The van der Waals surface area contributed by atoms with Gasteiger partial charge in [0.25, 0.3) is 5.91 Å². The minimum Gasteiger partial charge on any atom is -0.480 e. The number of hydrogen-bond donors (Lipinski definition) is 2. The second kappa shape index (κ2) is 5.73. The van der Waals surface area contributed by atoms with E-state index in [1.165, 1.54) is 0 Å². The molecular weight excluding hydrogens is 270 g/mol. The van der Waals surface area contributed by atoms with Gasteiger partial charge in [-0.3, -0.25) is 9.59 Å². The number of piperazine rings is 1. The van der Waals surface area contributed by atoms with Gasteiger partial charge >= 0.3 is 0 Å². The third-order valence-corrected chi connectivity index (χ3v) is 4.00. The average Bonchev–Trinajstić information content (AvgIpc) is 2.97. The normalized spacial score (nSPS) is 24.1. The van der Waals surface area contributed by atoms with Crippen LogP contribution in [0.1, 0.15) is 5.56 Å². The number of likely N-dealkylation sites (N-methyl/N-ethyl adjacent to an activating group) is 1. The molecule has 2 aliphatic heterocycles. The van der Waals surface area contributed by atoms with E-state index in [0.717, 1.165) is 11.3 Å². The van der Waals surface area contributed by atoms with Crippen molar-refractivity contribution in [2.45, 2.75) is 18.6 Å². The van der Waals surface area contributed by atoms with E-state index >= 15 is 0 Å². The number of fused-ring (bicyclic) bond motifs is 1. The summed E-state index contributed by atoms with van der Waals surface area (Å²) in [4.78, 5) is 26.3. The van der Waals surface area contributed by atoms with Crippen molar-refractivity contribution >= 4 is 11.8 Å². The van der Waals surface area contributed by atoms with Gasteiger partial charge in [-0.25, -0.2) is 0 Å². The van der Waals surface area contributed by atoms with Crippen LogP contribution < -0.4 is 15.4 Å². The molecule has 0 spiro atoms. The van der Waals surface area contributed by atoms with Gasteiger partial charge in [-0.15, -0.1) is 0 Å². The van der Waals surface area contributed by atoms with Crippen LogP contribution in [0.3, 0.4) is 0 Å². The molecule has 2 atom stereocenters. The van der Waals surface area contributed by atoms with E-state index < -0.39 is 12.1 Å². The lowest BCUT2D eigenvalue weighted by Gasteiger charge is -2.36. The summed E-state index contributed by atoms with van der Waals surface area (Å²) >= 11 is 0. The molecule has 1 aromatic rings. The highest BCUT2D eigenvalue weighted by Gasteiger charge is 2.38. The van der Waals surface area contributed by atoms with Crippen LogP contribution >= 0.6 is 0 Å². The van der Waals surface area contributed by atoms with Crippen molar-refractivity contribution in [3.8, 4) is 5.75 Å². The molecule has 0 bridgehead atoms. The van der Waals surface area contributed by atoms with Gasteiger partial charge in [0, 0.05) is 33.1 Å². The summed E-state index contributed by atoms with van der Waals surface area (Å²) in [5, 5.41) is 5.76. The summed E-state index contributed by atoms with van der Waals surface area (Å²) in [6.45, 7) is 1.69. The molecule has 1 fully saturated rings. The average molecular weight is 289 g/mol. The molecule has 21 heavy (non-hydrogen) atoms. The van der Waals surface area contributed by atoms with Crippen molar-refractivity contribution in [1.29, 1.82) is 0 Å². The fourth-order valence-corrected chi connectivity index (χ4v) is 2.87. The Bertz CT molecular complexity index is 536. The first-order chi connectivity index (χ1) is 10.2. The van der Waals surface area contributed by atoms with Crippen LogP contribution in [-0.4, -0.2) is 55.5 Å². The van der Waals surface area contributed by atoms with Crippen LogP contribution in [0.2, 0.25) is 0 Å². The van der Waals surface area contributed by atoms with E-state index in [0.29, 0.717) is 26.1 Å². The topological polar surface area (TPSA) is 70.7 Å². The van der Waals surface area contributed by atoms with Crippen LogP contribution in [0.4, 0.5) is 0 Å². The van der Waals surface area contributed by atoms with Crippen LogP contribution in [0.15, 0.2) is 24.3 Å². The summed E-state index contributed by atoms with van der Waals surface area (Å²) in [6.07, 6.45) is 0.0482. The minimum absolute atomic E-state index is 0.110. The van der Waals surface area contributed by atoms with Crippen molar-refractivity contribution in [2.24, 2.45) is 0 Å². The lowest BCUT2D eigenvalue weighted by Crippen LogP contribution is -2.61. The molecule has 2 amide bonds. The maximum absolute atomic E-state index is 12.7. The molecule has 112 valence electrons. The highest BCUT2D eigenvalue weighted by Crippen LogP contribution is 2.29. The molecule has 2 aliphatic rings. The maximum atomic E-state index is 12.7. The fraction of sp³-hybridized carbons (Fsp3) is 0.467. The molecule has 2 unspecified atom stereocenters. The third kappa shape index (κ3) is 2.58. The zero-order valence-electron chi connectivity index (χ0n) is 12.0. The Kier molecular flexibility index (Phi) is 3.79. The van der Waals surface area contributed by atoms with Crippen molar-refractivity contribution in [3.63, 3.8) is 0 Å². The number of amides is 2. The van der Waals surface area contributed by atoms with Crippen molar-refractivity contribution < 1.29 is 14.3 Å². The van der Waals surface area contributed by atoms with Crippen molar-refractivity contribution in [2.75, 3.05) is 26.7 Å². The molecule has 3 rings (SSSR count). The van der Waals surface area contributed by atoms with Crippen molar-refractivity contribution in [1.82, 2.24) is 15.5 Å². The zero-order chi connectivity index (χ0) is 14.8. The molecule has 1 saturated heterocycles. The van der Waals surface area contributed by atoms with Gasteiger partial charge in [0.15, 0.2) is 6.10 Å². The number of nitrogens with zero attached hydrogens (tertiary/aromatic N) is 1. The number of ether oxygens (including phenoxy) is 1. The third-order valence-electron chi connectivity index (χ3n) is 4.00. The van der Waals surface area contributed by atoms with E-state index in [-0.39, 0.29) is 11.8 Å². The van der Waals surface area contributed by atoms with Crippen LogP contribution in [0.25, 0.3) is 0 Å². The largest absolute Gasteiger partial charge is 0.480 e. The molecule has 0 aromatic heterocycles. The molecule has 0 saturated carbocycles. The smallest absolute Gasteiger partial charge is 0.264 e. The first-order valence-electron chi connectivity index (χ1n) is 7.18. The molecule has 0 aliphatic carbocycles. The molecule has 2 heterocycles. The van der Waals surface area contributed by atoms with E-state index in [1.54, 1.807) is 11.9 Å². The van der Waals surface area contributed by atoms with Gasteiger partial charge < -0.3 is 20.3 Å². The molecule has 6 heteroatoms. The number of benzene rings is 1. The number of para-hydroxylation sites is 1.